The largest absolute Gasteiger partial charge is 0.454 e. The Morgan fingerprint density at radius 1 is 0.404 bits per heavy atom. The van der Waals surface area contributed by atoms with Crippen LogP contribution in [0.3, 0.4) is 0 Å². The van der Waals surface area contributed by atoms with Gasteiger partial charge in [-0.15, -0.1) is 0 Å². The van der Waals surface area contributed by atoms with Gasteiger partial charge in [0.25, 0.3) is 0 Å². The molecule has 0 aliphatic heterocycles. The van der Waals surface area contributed by atoms with Gasteiger partial charge >= 0.3 is 0 Å². The number of hydrogen-bond acceptors (Lipinski definition) is 1. The van der Waals surface area contributed by atoms with Crippen LogP contribution in [0.4, 0.5) is 0 Å². The van der Waals surface area contributed by atoms with E-state index in [4.69, 9.17) is 7.16 Å². The highest BCUT2D eigenvalue weighted by atomic mass is 16.3. The predicted octanol–water partition coefficient (Wildman–Crippen LogP) is 14.8. The van der Waals surface area contributed by atoms with Gasteiger partial charge in [0.05, 0.1) is 37.3 Å². The third-order valence-electron chi connectivity index (χ3n) is 11.2. The molecule has 0 amide bonds. The van der Waals surface area contributed by atoms with Crippen molar-refractivity contribution < 1.29 is 14.0 Å². The van der Waals surface area contributed by atoms with Crippen LogP contribution in [0.1, 0.15) is 9.60 Å². The van der Waals surface area contributed by atoms with Crippen molar-refractivity contribution in [3.05, 3.63) is 206 Å². The summed E-state index contributed by atoms with van der Waals surface area (Å²) >= 11 is 0. The number of aromatic nitrogens is 2. The van der Waals surface area contributed by atoms with Crippen molar-refractivity contribution in [3.8, 4) is 44.8 Å². The lowest BCUT2D eigenvalue weighted by Gasteiger charge is -2.11. The highest BCUT2D eigenvalue weighted by molar-refractivity contribution is 6.17. The lowest BCUT2D eigenvalue weighted by molar-refractivity contribution is 0.666. The Hall–Kier alpha value is -7.62. The SMILES string of the molecule is [2H]c1c([2H])c([2H])c2c(c1[2H])c1c([2H])c(-c3ccc4c(c3)c3c(-c5ccccc5)cccc3n4-c3cccc(-c4ccccc4)c3)c([2H])c([2H])c1n2-c1cccc2c1oc1ccccc12. The first-order valence-corrected chi connectivity index (χ1v) is 18.9. The zero-order chi connectivity index (χ0) is 43.5. The Labute approximate surface area is 338 Å². The molecule has 0 bridgehead atoms. The number of rotatable bonds is 5. The van der Waals surface area contributed by atoms with Crippen molar-refractivity contribution in [1.29, 1.82) is 0 Å². The van der Waals surface area contributed by atoms with Crippen LogP contribution >= 0.6 is 0 Å². The smallest absolute Gasteiger partial charge is 0.159 e. The summed E-state index contributed by atoms with van der Waals surface area (Å²) in [5.41, 5.74) is 9.62. The fourth-order valence-electron chi connectivity index (χ4n) is 8.63. The quantitative estimate of drug-likeness (QED) is 0.173. The van der Waals surface area contributed by atoms with Gasteiger partial charge in [-0.3, -0.25) is 0 Å². The minimum absolute atomic E-state index is 0.108. The van der Waals surface area contributed by atoms with Gasteiger partial charge in [-0.25, -0.2) is 0 Å². The molecule has 0 spiro atoms. The summed E-state index contributed by atoms with van der Waals surface area (Å²) in [7, 11) is 0. The van der Waals surface area contributed by atoms with Crippen molar-refractivity contribution in [2.45, 2.75) is 0 Å². The monoisotopic (exact) mass is 733 g/mol. The van der Waals surface area contributed by atoms with E-state index >= 15 is 0 Å². The second-order valence-electron chi connectivity index (χ2n) is 14.3. The van der Waals surface area contributed by atoms with E-state index in [0.29, 0.717) is 22.4 Å². The first-order valence-electron chi connectivity index (χ1n) is 22.4. The standard InChI is InChI=1S/C54H34N2O/c1-3-14-35(15-4-1)37-18-11-19-40(32-37)55-49-31-29-39(34-46(49)53-41(22-12-25-50(53)55)36-16-5-2-6-17-36)38-28-30-48-45(33-38)42-20-7-9-24-47(42)56(48)51-26-13-23-44-43-21-8-10-27-52(43)57-54(44)51/h1-34H/i7D,9D,20D,24D,28D,30D,33D. The third-order valence-corrected chi connectivity index (χ3v) is 11.2. The number of para-hydroxylation sites is 3. The molecule has 9 aromatic carbocycles. The summed E-state index contributed by atoms with van der Waals surface area (Å²) in [4.78, 5) is 0. The molecule has 0 aliphatic rings. The van der Waals surface area contributed by atoms with Crippen molar-refractivity contribution in [2.24, 2.45) is 0 Å². The molecule has 3 aromatic heterocycles. The van der Waals surface area contributed by atoms with Gasteiger partial charge in [0.15, 0.2) is 5.58 Å². The number of hydrogen-bond donors (Lipinski definition) is 0. The zero-order valence-corrected chi connectivity index (χ0v) is 30.4. The molecule has 266 valence electrons. The molecule has 0 unspecified atom stereocenters. The number of fused-ring (bicyclic) bond motifs is 9. The molecule has 0 saturated carbocycles. The summed E-state index contributed by atoms with van der Waals surface area (Å²) in [5.74, 6) is 0. The summed E-state index contributed by atoms with van der Waals surface area (Å²) < 4.78 is 75.8. The summed E-state index contributed by atoms with van der Waals surface area (Å²) in [6, 6.07) is 52.3. The van der Waals surface area contributed by atoms with Gasteiger partial charge in [-0.05, 0) is 94.0 Å². The van der Waals surface area contributed by atoms with Gasteiger partial charge in [0, 0.05) is 38.0 Å². The molecular weight excluding hydrogens is 693 g/mol. The fourth-order valence-corrected chi connectivity index (χ4v) is 8.63. The van der Waals surface area contributed by atoms with Gasteiger partial charge in [-0.1, -0.05) is 145 Å². The van der Waals surface area contributed by atoms with E-state index < -0.39 is 12.1 Å². The minimum Gasteiger partial charge on any atom is -0.454 e. The Kier molecular flexibility index (Phi) is 5.56. The van der Waals surface area contributed by atoms with Gasteiger partial charge < -0.3 is 13.6 Å². The van der Waals surface area contributed by atoms with E-state index in [1.807, 2.05) is 91.0 Å². The molecule has 0 aliphatic carbocycles. The molecule has 0 radical (unpaired) electrons. The Morgan fingerprint density at radius 3 is 2.02 bits per heavy atom. The first-order chi connectivity index (χ1) is 31.2. The molecule has 3 nitrogen and oxygen atoms in total. The first kappa shape index (κ1) is 25.5. The average molecular weight is 734 g/mol. The molecule has 12 aromatic rings. The molecule has 0 fully saturated rings. The zero-order valence-electron chi connectivity index (χ0n) is 37.4. The number of nitrogens with zero attached hydrogens (tertiary/aromatic N) is 2. The normalized spacial score (nSPS) is 13.6. The van der Waals surface area contributed by atoms with Crippen molar-refractivity contribution in [3.63, 3.8) is 0 Å². The molecule has 3 heterocycles. The Bertz CT molecular complexity index is 3930. The molecule has 12 rings (SSSR count). The average Bonchev–Trinajstić information content (AvgIpc) is 4.01. The minimum atomic E-state index is -0.445. The molecule has 3 heteroatoms. The van der Waals surface area contributed by atoms with Gasteiger partial charge in [0.2, 0.25) is 0 Å². The highest BCUT2D eigenvalue weighted by Gasteiger charge is 2.20. The van der Waals surface area contributed by atoms with Gasteiger partial charge in [0.1, 0.15) is 5.58 Å². The van der Waals surface area contributed by atoms with Crippen LogP contribution < -0.4 is 0 Å². The molecule has 57 heavy (non-hydrogen) atoms. The molecule has 0 N–H and O–H groups in total. The fraction of sp³-hybridized carbons (Fsp3) is 0. The second-order valence-corrected chi connectivity index (χ2v) is 14.3. The molecule has 0 saturated heterocycles. The van der Waals surface area contributed by atoms with Crippen LogP contribution in [0.15, 0.2) is 211 Å². The van der Waals surface area contributed by atoms with Crippen molar-refractivity contribution in [2.75, 3.05) is 0 Å². The topological polar surface area (TPSA) is 23.0 Å². The van der Waals surface area contributed by atoms with Gasteiger partial charge in [-0.2, -0.15) is 0 Å². The summed E-state index contributed by atoms with van der Waals surface area (Å²) in [6.45, 7) is 0. The van der Waals surface area contributed by atoms with E-state index in [2.05, 4.69) is 71.3 Å². The Morgan fingerprint density at radius 2 is 1.12 bits per heavy atom. The highest BCUT2D eigenvalue weighted by Crippen LogP contribution is 2.43. The van der Waals surface area contributed by atoms with E-state index in [1.54, 1.807) is 10.6 Å². The number of benzene rings is 9. The summed E-state index contributed by atoms with van der Waals surface area (Å²) in [5, 5.41) is 3.81. The maximum atomic E-state index is 10.0. The number of furan rings is 1. The molecule has 0 atom stereocenters. The van der Waals surface area contributed by atoms with E-state index in [1.165, 1.54) is 0 Å². The predicted molar refractivity (Wildman–Crippen MR) is 239 cm³/mol. The van der Waals surface area contributed by atoms with Crippen molar-refractivity contribution >= 4 is 65.6 Å². The molecular formula is C54H34N2O. The lowest BCUT2D eigenvalue weighted by atomic mass is 9.97. The van der Waals surface area contributed by atoms with E-state index in [9.17, 15) is 6.85 Å². The van der Waals surface area contributed by atoms with E-state index in [0.717, 1.165) is 60.5 Å². The van der Waals surface area contributed by atoms with E-state index in [-0.39, 0.29) is 57.6 Å². The van der Waals surface area contributed by atoms with Crippen LogP contribution in [-0.2, 0) is 0 Å². The van der Waals surface area contributed by atoms with Crippen LogP contribution in [-0.4, -0.2) is 9.13 Å². The lowest BCUT2D eigenvalue weighted by Crippen LogP contribution is -1.94. The maximum Gasteiger partial charge on any atom is 0.159 e. The third kappa shape index (κ3) is 4.86. The van der Waals surface area contributed by atoms with Crippen LogP contribution in [0.5, 0.6) is 0 Å². The Balaban J connectivity index is 1.17. The second kappa shape index (κ2) is 12.5. The van der Waals surface area contributed by atoms with Crippen LogP contribution in [0.25, 0.3) is 110 Å². The maximum absolute atomic E-state index is 10.0. The summed E-state index contributed by atoms with van der Waals surface area (Å²) in [6.07, 6.45) is 0. The van der Waals surface area contributed by atoms with Crippen LogP contribution in [0.2, 0.25) is 0 Å². The van der Waals surface area contributed by atoms with Crippen LogP contribution in [0, 0.1) is 0 Å². The van der Waals surface area contributed by atoms with Crippen molar-refractivity contribution in [1.82, 2.24) is 9.13 Å².